The number of aliphatic imine (C=N–C) groups is 1. The molecule has 0 fully saturated rings. The van der Waals surface area contributed by atoms with Gasteiger partial charge in [-0.2, -0.15) is 0 Å². The highest BCUT2D eigenvalue weighted by atomic mass is 32.2. The average molecular weight is 343 g/mol. The maximum atomic E-state index is 5.93. The van der Waals surface area contributed by atoms with Crippen LogP contribution in [0.1, 0.15) is 19.4 Å². The Labute approximate surface area is 146 Å². The highest BCUT2D eigenvalue weighted by molar-refractivity contribution is 7.99. The molecular weight excluding hydrogens is 322 g/mol. The second-order valence-electron chi connectivity index (χ2n) is 5.19. The van der Waals surface area contributed by atoms with Crippen LogP contribution < -0.4 is 4.74 Å². The molecule has 0 saturated heterocycles. The lowest BCUT2D eigenvalue weighted by atomic mass is 10.2. The molecule has 0 atom stereocenters. The van der Waals surface area contributed by atoms with Crippen molar-refractivity contribution in [1.29, 1.82) is 0 Å². The van der Waals surface area contributed by atoms with Gasteiger partial charge in [-0.25, -0.2) is 0 Å². The standard InChI is InChI=1S/C19H21NO3S/c1-3-21-19(22-4-2)13-20-12-14-9-10-16-18(11-14)24-17-8-6-5-7-15(17)23-16/h5-12,19H,3-4,13H2,1-2H3. The second kappa shape index (κ2) is 8.33. The van der Waals surface area contributed by atoms with E-state index in [1.54, 1.807) is 11.8 Å². The van der Waals surface area contributed by atoms with Crippen molar-refractivity contribution in [2.45, 2.75) is 29.9 Å². The monoisotopic (exact) mass is 343 g/mol. The summed E-state index contributed by atoms with van der Waals surface area (Å²) in [5, 5.41) is 0. The molecule has 2 aromatic rings. The fourth-order valence-corrected chi connectivity index (χ4v) is 3.39. The first kappa shape index (κ1) is 17.0. The van der Waals surface area contributed by atoms with E-state index in [1.807, 2.05) is 50.4 Å². The molecule has 1 heterocycles. The third kappa shape index (κ3) is 4.17. The number of ether oxygens (including phenoxy) is 3. The van der Waals surface area contributed by atoms with E-state index in [4.69, 9.17) is 14.2 Å². The lowest BCUT2D eigenvalue weighted by Crippen LogP contribution is -2.20. The quantitative estimate of drug-likeness (QED) is 0.458. The van der Waals surface area contributed by atoms with Crippen molar-refractivity contribution in [3.63, 3.8) is 0 Å². The summed E-state index contributed by atoms with van der Waals surface area (Å²) in [6, 6.07) is 14.2. The van der Waals surface area contributed by atoms with E-state index in [1.165, 1.54) is 0 Å². The Balaban J connectivity index is 1.68. The number of benzene rings is 2. The minimum atomic E-state index is -0.279. The number of hydrogen-bond acceptors (Lipinski definition) is 5. The molecule has 0 spiro atoms. The summed E-state index contributed by atoms with van der Waals surface area (Å²) in [7, 11) is 0. The molecule has 0 N–H and O–H groups in total. The molecule has 0 amide bonds. The van der Waals surface area contributed by atoms with Gasteiger partial charge in [0.05, 0.1) is 16.3 Å². The molecule has 4 nitrogen and oxygen atoms in total. The van der Waals surface area contributed by atoms with Crippen molar-refractivity contribution in [3.8, 4) is 11.5 Å². The van der Waals surface area contributed by atoms with Gasteiger partial charge in [-0.05, 0) is 49.7 Å². The second-order valence-corrected chi connectivity index (χ2v) is 6.28. The first-order valence-corrected chi connectivity index (χ1v) is 8.93. The maximum absolute atomic E-state index is 5.93. The summed E-state index contributed by atoms with van der Waals surface area (Å²) >= 11 is 1.72. The van der Waals surface area contributed by atoms with E-state index < -0.39 is 0 Å². The zero-order chi connectivity index (χ0) is 16.8. The molecule has 0 saturated carbocycles. The highest BCUT2D eigenvalue weighted by Crippen LogP contribution is 2.46. The zero-order valence-corrected chi connectivity index (χ0v) is 14.7. The van der Waals surface area contributed by atoms with Crippen molar-refractivity contribution in [2.75, 3.05) is 19.8 Å². The third-order valence-corrected chi connectivity index (χ3v) is 4.55. The molecule has 5 heteroatoms. The lowest BCUT2D eigenvalue weighted by Gasteiger charge is -2.19. The number of rotatable bonds is 7. The number of para-hydroxylation sites is 1. The first-order chi connectivity index (χ1) is 11.8. The van der Waals surface area contributed by atoms with Gasteiger partial charge in [-0.1, -0.05) is 23.9 Å². The van der Waals surface area contributed by atoms with E-state index in [0.29, 0.717) is 19.8 Å². The largest absolute Gasteiger partial charge is 0.455 e. The van der Waals surface area contributed by atoms with Gasteiger partial charge in [0.25, 0.3) is 0 Å². The summed E-state index contributed by atoms with van der Waals surface area (Å²) in [5.74, 6) is 1.80. The van der Waals surface area contributed by atoms with E-state index in [-0.39, 0.29) is 6.29 Å². The smallest absolute Gasteiger partial charge is 0.176 e. The summed E-state index contributed by atoms with van der Waals surface area (Å²) in [6.07, 6.45) is 1.57. The molecule has 3 rings (SSSR count). The van der Waals surface area contributed by atoms with Crippen LogP contribution >= 0.6 is 11.8 Å². The average Bonchev–Trinajstić information content (AvgIpc) is 2.60. The van der Waals surface area contributed by atoms with Crippen molar-refractivity contribution in [2.24, 2.45) is 4.99 Å². The SMILES string of the molecule is CCOC(CN=Cc1ccc2c(c1)Sc1ccccc1O2)OCC. The lowest BCUT2D eigenvalue weighted by molar-refractivity contribution is -0.128. The zero-order valence-electron chi connectivity index (χ0n) is 13.9. The molecule has 0 bridgehead atoms. The van der Waals surface area contributed by atoms with Crippen LogP contribution in [0.4, 0.5) is 0 Å². The van der Waals surface area contributed by atoms with Crippen LogP contribution in [0.15, 0.2) is 57.2 Å². The summed E-state index contributed by atoms with van der Waals surface area (Å²) in [6.45, 7) is 5.63. The van der Waals surface area contributed by atoms with Crippen LogP contribution in [0.3, 0.4) is 0 Å². The van der Waals surface area contributed by atoms with E-state index in [0.717, 1.165) is 26.9 Å². The van der Waals surface area contributed by atoms with Gasteiger partial charge in [-0.3, -0.25) is 4.99 Å². The molecule has 1 aliphatic heterocycles. The molecule has 0 aliphatic carbocycles. The van der Waals surface area contributed by atoms with Gasteiger partial charge < -0.3 is 14.2 Å². The molecule has 126 valence electrons. The molecule has 0 radical (unpaired) electrons. The summed E-state index contributed by atoms with van der Waals surface area (Å²) in [4.78, 5) is 6.68. The van der Waals surface area contributed by atoms with Crippen molar-refractivity contribution in [3.05, 3.63) is 48.0 Å². The predicted molar refractivity (Wildman–Crippen MR) is 96.6 cm³/mol. The van der Waals surface area contributed by atoms with E-state index in [2.05, 4.69) is 17.1 Å². The van der Waals surface area contributed by atoms with Gasteiger partial charge >= 0.3 is 0 Å². The third-order valence-electron chi connectivity index (χ3n) is 3.46. The van der Waals surface area contributed by atoms with Crippen LogP contribution in [0.2, 0.25) is 0 Å². The van der Waals surface area contributed by atoms with Crippen LogP contribution in [-0.4, -0.2) is 32.3 Å². The summed E-state index contributed by atoms with van der Waals surface area (Å²) in [5.41, 5.74) is 1.04. The summed E-state index contributed by atoms with van der Waals surface area (Å²) < 4.78 is 16.9. The van der Waals surface area contributed by atoms with E-state index >= 15 is 0 Å². The topological polar surface area (TPSA) is 40.0 Å². The molecule has 24 heavy (non-hydrogen) atoms. The Morgan fingerprint density at radius 3 is 2.58 bits per heavy atom. The van der Waals surface area contributed by atoms with Crippen molar-refractivity contribution < 1.29 is 14.2 Å². The first-order valence-electron chi connectivity index (χ1n) is 8.12. The van der Waals surface area contributed by atoms with Crippen LogP contribution in [0.25, 0.3) is 0 Å². The Bertz CT molecular complexity index is 712. The van der Waals surface area contributed by atoms with Crippen LogP contribution in [0, 0.1) is 0 Å². The fraction of sp³-hybridized carbons (Fsp3) is 0.316. The number of hydrogen-bond donors (Lipinski definition) is 0. The Morgan fingerprint density at radius 2 is 1.79 bits per heavy atom. The van der Waals surface area contributed by atoms with Gasteiger partial charge in [0, 0.05) is 19.4 Å². The molecule has 0 aromatic heterocycles. The molecule has 0 unspecified atom stereocenters. The fourth-order valence-electron chi connectivity index (χ4n) is 2.39. The molecule has 1 aliphatic rings. The maximum Gasteiger partial charge on any atom is 0.176 e. The number of nitrogens with zero attached hydrogens (tertiary/aromatic N) is 1. The van der Waals surface area contributed by atoms with Crippen molar-refractivity contribution in [1.82, 2.24) is 0 Å². The van der Waals surface area contributed by atoms with Gasteiger partial charge in [-0.15, -0.1) is 0 Å². The normalized spacial score (nSPS) is 13.0. The Hall–Kier alpha value is -1.82. The van der Waals surface area contributed by atoms with E-state index in [9.17, 15) is 0 Å². The minimum Gasteiger partial charge on any atom is -0.455 e. The van der Waals surface area contributed by atoms with Gasteiger partial charge in [0.1, 0.15) is 11.5 Å². The van der Waals surface area contributed by atoms with Crippen LogP contribution in [0.5, 0.6) is 11.5 Å². The van der Waals surface area contributed by atoms with Gasteiger partial charge in [0.2, 0.25) is 0 Å². The molecular formula is C19H21NO3S. The highest BCUT2D eigenvalue weighted by Gasteiger charge is 2.17. The van der Waals surface area contributed by atoms with Crippen molar-refractivity contribution >= 4 is 18.0 Å². The molecule has 2 aromatic carbocycles. The number of fused-ring (bicyclic) bond motifs is 2. The Kier molecular flexibility index (Phi) is 5.91. The Morgan fingerprint density at radius 1 is 1.04 bits per heavy atom. The van der Waals surface area contributed by atoms with Gasteiger partial charge in [0.15, 0.2) is 6.29 Å². The van der Waals surface area contributed by atoms with Crippen LogP contribution in [-0.2, 0) is 9.47 Å². The predicted octanol–water partition coefficient (Wildman–Crippen LogP) is 4.76. The minimum absolute atomic E-state index is 0.279.